The Morgan fingerprint density at radius 3 is 2.59 bits per heavy atom. The SMILES string of the molecule is COc1ccc(C(=C=O)CCC(=O)OC2(C)CC=CO2)cc1. The Kier molecular flexibility index (Phi) is 5.02. The molecule has 22 heavy (non-hydrogen) atoms. The highest BCUT2D eigenvalue weighted by Gasteiger charge is 2.31. The van der Waals surface area contributed by atoms with Crippen LogP contribution in [0.4, 0.5) is 0 Å². The second-order valence-electron chi connectivity index (χ2n) is 5.11. The highest BCUT2D eigenvalue weighted by atomic mass is 16.7. The molecular formula is C17H18O5. The quantitative estimate of drug-likeness (QED) is 0.597. The molecule has 1 unspecified atom stereocenters. The Balaban J connectivity index is 1.90. The monoisotopic (exact) mass is 302 g/mol. The fourth-order valence-electron chi connectivity index (χ4n) is 2.13. The molecule has 0 aromatic heterocycles. The summed E-state index contributed by atoms with van der Waals surface area (Å²) >= 11 is 0. The lowest BCUT2D eigenvalue weighted by molar-refractivity contribution is -0.197. The summed E-state index contributed by atoms with van der Waals surface area (Å²) in [4.78, 5) is 23.0. The molecular weight excluding hydrogens is 284 g/mol. The molecule has 1 aliphatic heterocycles. The lowest BCUT2D eigenvalue weighted by Crippen LogP contribution is -2.30. The van der Waals surface area contributed by atoms with Gasteiger partial charge in [-0.3, -0.25) is 4.79 Å². The van der Waals surface area contributed by atoms with Gasteiger partial charge in [0, 0.05) is 18.9 Å². The predicted octanol–water partition coefficient (Wildman–Crippen LogP) is 2.88. The molecule has 1 heterocycles. The van der Waals surface area contributed by atoms with Crippen LogP contribution in [0, 0.1) is 0 Å². The van der Waals surface area contributed by atoms with Crippen LogP contribution < -0.4 is 4.74 Å². The smallest absolute Gasteiger partial charge is 0.309 e. The molecule has 0 bridgehead atoms. The van der Waals surface area contributed by atoms with Crippen LogP contribution in [0.2, 0.25) is 0 Å². The van der Waals surface area contributed by atoms with Crippen molar-refractivity contribution >= 4 is 17.5 Å². The average molecular weight is 302 g/mol. The van der Waals surface area contributed by atoms with Crippen molar-refractivity contribution in [3.63, 3.8) is 0 Å². The Hall–Kier alpha value is -2.52. The van der Waals surface area contributed by atoms with E-state index in [0.717, 1.165) is 0 Å². The highest BCUT2D eigenvalue weighted by molar-refractivity contribution is 5.89. The van der Waals surface area contributed by atoms with Crippen molar-refractivity contribution in [3.8, 4) is 5.75 Å². The van der Waals surface area contributed by atoms with E-state index in [4.69, 9.17) is 14.2 Å². The Bertz CT molecular complexity index is 600. The number of allylic oxidation sites excluding steroid dienone is 1. The Morgan fingerprint density at radius 1 is 1.32 bits per heavy atom. The van der Waals surface area contributed by atoms with Gasteiger partial charge in [-0.25, -0.2) is 4.79 Å². The van der Waals surface area contributed by atoms with Crippen LogP contribution in [0.5, 0.6) is 5.75 Å². The standard InChI is InChI=1S/C17H18O5/c1-17(10-3-11-21-17)22-16(19)9-6-14(12-18)13-4-7-15(20-2)8-5-13/h3-5,7-8,11H,6,9-10H2,1-2H3. The molecule has 2 rings (SSSR count). The van der Waals surface area contributed by atoms with Crippen molar-refractivity contribution in [3.05, 3.63) is 42.2 Å². The number of hydrogen-bond acceptors (Lipinski definition) is 5. The van der Waals surface area contributed by atoms with Crippen LogP contribution in [0.3, 0.4) is 0 Å². The van der Waals surface area contributed by atoms with Gasteiger partial charge in [-0.15, -0.1) is 0 Å². The normalized spacial score (nSPS) is 19.2. The maximum atomic E-state index is 11.9. The number of hydrogen-bond donors (Lipinski definition) is 0. The molecule has 1 atom stereocenters. The number of ether oxygens (including phenoxy) is 3. The fourth-order valence-corrected chi connectivity index (χ4v) is 2.13. The number of carbonyl (C=O) groups is 1. The van der Waals surface area contributed by atoms with E-state index in [2.05, 4.69) is 0 Å². The zero-order valence-electron chi connectivity index (χ0n) is 12.6. The molecule has 0 saturated heterocycles. The van der Waals surface area contributed by atoms with Crippen molar-refractivity contribution in [2.75, 3.05) is 7.11 Å². The summed E-state index contributed by atoms with van der Waals surface area (Å²) in [5.41, 5.74) is 1.14. The molecule has 1 aliphatic rings. The summed E-state index contributed by atoms with van der Waals surface area (Å²) in [6.07, 6.45) is 4.18. The van der Waals surface area contributed by atoms with Gasteiger partial charge in [-0.2, -0.15) is 0 Å². The first-order valence-electron chi connectivity index (χ1n) is 6.99. The molecule has 0 N–H and O–H groups in total. The largest absolute Gasteiger partial charge is 0.497 e. The first-order chi connectivity index (χ1) is 10.6. The van der Waals surface area contributed by atoms with Gasteiger partial charge >= 0.3 is 5.97 Å². The molecule has 0 aliphatic carbocycles. The summed E-state index contributed by atoms with van der Waals surface area (Å²) in [5, 5.41) is 0. The molecule has 0 radical (unpaired) electrons. The Labute approximate surface area is 129 Å². The third-order valence-electron chi connectivity index (χ3n) is 3.37. The van der Waals surface area contributed by atoms with Crippen molar-refractivity contribution in [1.29, 1.82) is 0 Å². The summed E-state index contributed by atoms with van der Waals surface area (Å²) in [7, 11) is 1.57. The van der Waals surface area contributed by atoms with Crippen molar-refractivity contribution in [2.24, 2.45) is 0 Å². The topological polar surface area (TPSA) is 61.8 Å². The zero-order valence-corrected chi connectivity index (χ0v) is 12.6. The number of methoxy groups -OCH3 is 1. The lowest BCUT2D eigenvalue weighted by atomic mass is 10.0. The third-order valence-corrected chi connectivity index (χ3v) is 3.37. The molecule has 1 aromatic rings. The van der Waals surface area contributed by atoms with Gasteiger partial charge in [0.15, 0.2) is 0 Å². The van der Waals surface area contributed by atoms with Crippen molar-refractivity contribution in [1.82, 2.24) is 0 Å². The number of benzene rings is 1. The summed E-state index contributed by atoms with van der Waals surface area (Å²) in [5.74, 6) is 1.25. The highest BCUT2D eigenvalue weighted by Crippen LogP contribution is 2.26. The van der Waals surface area contributed by atoms with Crippen LogP contribution in [-0.2, 0) is 19.1 Å². The second kappa shape index (κ2) is 6.96. The van der Waals surface area contributed by atoms with Gasteiger partial charge in [0.1, 0.15) is 11.7 Å². The van der Waals surface area contributed by atoms with E-state index in [1.165, 1.54) is 6.26 Å². The van der Waals surface area contributed by atoms with E-state index in [1.54, 1.807) is 44.4 Å². The number of rotatable bonds is 6. The maximum Gasteiger partial charge on any atom is 0.309 e. The first kappa shape index (κ1) is 15.9. The van der Waals surface area contributed by atoms with Crippen LogP contribution in [-0.4, -0.2) is 24.8 Å². The molecule has 0 amide bonds. The van der Waals surface area contributed by atoms with E-state index < -0.39 is 11.8 Å². The van der Waals surface area contributed by atoms with Crippen LogP contribution in [0.15, 0.2) is 36.6 Å². The van der Waals surface area contributed by atoms with E-state index in [0.29, 0.717) is 23.3 Å². The molecule has 0 spiro atoms. The van der Waals surface area contributed by atoms with Crippen LogP contribution in [0.1, 0.15) is 31.7 Å². The average Bonchev–Trinajstić information content (AvgIpc) is 2.94. The number of esters is 1. The third kappa shape index (κ3) is 3.99. The van der Waals surface area contributed by atoms with Crippen molar-refractivity contribution in [2.45, 2.75) is 32.0 Å². The maximum absolute atomic E-state index is 11.9. The zero-order chi connectivity index (χ0) is 16.0. The van der Waals surface area contributed by atoms with Gasteiger partial charge in [0.05, 0.1) is 19.8 Å². The molecule has 5 nitrogen and oxygen atoms in total. The first-order valence-corrected chi connectivity index (χ1v) is 6.99. The van der Waals surface area contributed by atoms with E-state index in [9.17, 15) is 9.59 Å². The number of carbonyl (C=O) groups excluding carboxylic acids is 2. The minimum atomic E-state index is -0.928. The second-order valence-corrected chi connectivity index (χ2v) is 5.11. The molecule has 0 fully saturated rings. The molecule has 0 saturated carbocycles. The lowest BCUT2D eigenvalue weighted by Gasteiger charge is -2.23. The van der Waals surface area contributed by atoms with Crippen LogP contribution in [0.25, 0.3) is 5.57 Å². The molecule has 1 aromatic carbocycles. The molecule has 116 valence electrons. The summed E-state index contributed by atoms with van der Waals surface area (Å²) in [6, 6.07) is 7.03. The van der Waals surface area contributed by atoms with Gasteiger partial charge in [0.2, 0.25) is 0 Å². The Morgan fingerprint density at radius 2 is 2.05 bits per heavy atom. The van der Waals surface area contributed by atoms with Gasteiger partial charge < -0.3 is 14.2 Å². The van der Waals surface area contributed by atoms with E-state index >= 15 is 0 Å². The fraction of sp³-hybridized carbons (Fsp3) is 0.353. The minimum Gasteiger partial charge on any atom is -0.497 e. The van der Waals surface area contributed by atoms with E-state index in [-0.39, 0.29) is 12.8 Å². The summed E-state index contributed by atoms with van der Waals surface area (Å²) < 4.78 is 15.6. The summed E-state index contributed by atoms with van der Waals surface area (Å²) in [6.45, 7) is 1.70. The van der Waals surface area contributed by atoms with Crippen molar-refractivity contribution < 1.29 is 23.8 Å². The van der Waals surface area contributed by atoms with Gasteiger partial charge in [0.25, 0.3) is 5.79 Å². The minimum absolute atomic E-state index is 0.0928. The van der Waals surface area contributed by atoms with Crippen LogP contribution >= 0.6 is 0 Å². The molecule has 5 heteroatoms. The van der Waals surface area contributed by atoms with Gasteiger partial charge in [-0.1, -0.05) is 12.1 Å². The predicted molar refractivity (Wildman–Crippen MR) is 80.7 cm³/mol. The van der Waals surface area contributed by atoms with Gasteiger partial charge in [-0.05, 0) is 30.2 Å². The van der Waals surface area contributed by atoms with E-state index in [1.807, 2.05) is 5.94 Å².